The summed E-state index contributed by atoms with van der Waals surface area (Å²) in [4.78, 5) is 23.1. The molecule has 144 valence electrons. The van der Waals surface area contributed by atoms with Crippen molar-refractivity contribution in [1.29, 1.82) is 0 Å². The summed E-state index contributed by atoms with van der Waals surface area (Å²) >= 11 is 0. The van der Waals surface area contributed by atoms with Crippen LogP contribution in [-0.2, 0) is 31.0 Å². The topological polar surface area (TPSA) is 102 Å². The second-order valence-corrected chi connectivity index (χ2v) is 7.86. The lowest BCUT2D eigenvalue weighted by Crippen LogP contribution is -2.39. The zero-order chi connectivity index (χ0) is 20.0. The van der Waals surface area contributed by atoms with Crippen molar-refractivity contribution in [1.82, 2.24) is 4.72 Å². The van der Waals surface area contributed by atoms with Crippen LogP contribution in [0, 0.1) is 6.92 Å². The molecule has 7 nitrogen and oxygen atoms in total. The average molecular weight is 390 g/mol. The maximum absolute atomic E-state index is 12.4. The molecule has 0 saturated carbocycles. The van der Waals surface area contributed by atoms with Gasteiger partial charge in [0.15, 0.2) is 0 Å². The molecule has 2 aromatic carbocycles. The lowest BCUT2D eigenvalue weighted by molar-refractivity contribution is -0.146. The van der Waals surface area contributed by atoms with Gasteiger partial charge in [0.2, 0.25) is 15.9 Å². The van der Waals surface area contributed by atoms with Crippen LogP contribution in [0.25, 0.3) is 0 Å². The molecule has 1 amide bonds. The van der Waals surface area contributed by atoms with Crippen LogP contribution in [0.5, 0.6) is 0 Å². The first-order chi connectivity index (χ1) is 12.7. The minimum Gasteiger partial charge on any atom is -0.460 e. The van der Waals surface area contributed by atoms with Gasteiger partial charge >= 0.3 is 5.97 Å². The van der Waals surface area contributed by atoms with E-state index in [2.05, 4.69) is 10.0 Å². The molecule has 0 unspecified atom stereocenters. The van der Waals surface area contributed by atoms with E-state index in [-0.39, 0.29) is 17.4 Å². The first-order valence-electron chi connectivity index (χ1n) is 8.29. The smallest absolute Gasteiger partial charge is 0.324 e. The van der Waals surface area contributed by atoms with Gasteiger partial charge in [-0.05, 0) is 43.7 Å². The molecule has 0 aliphatic heterocycles. The van der Waals surface area contributed by atoms with Crippen molar-refractivity contribution in [3.63, 3.8) is 0 Å². The van der Waals surface area contributed by atoms with Gasteiger partial charge in [-0.3, -0.25) is 9.59 Å². The third-order valence-electron chi connectivity index (χ3n) is 3.67. The van der Waals surface area contributed by atoms with Crippen molar-refractivity contribution in [3.05, 3.63) is 59.7 Å². The Morgan fingerprint density at radius 1 is 1.04 bits per heavy atom. The standard InChI is InChI=1S/C19H22N2O5S/c1-13-4-6-16(7-5-13)12-26-19(23)14(2)21-27(24,25)18-10-8-17(9-11-18)20-15(3)22/h4-11,14,21H,12H2,1-3H3,(H,20,22)/t14-/m0/s1. The molecular weight excluding hydrogens is 368 g/mol. The maximum Gasteiger partial charge on any atom is 0.324 e. The molecule has 2 aromatic rings. The molecule has 27 heavy (non-hydrogen) atoms. The summed E-state index contributed by atoms with van der Waals surface area (Å²) in [6.45, 7) is 4.79. The Morgan fingerprint density at radius 3 is 2.19 bits per heavy atom. The molecule has 0 aromatic heterocycles. The van der Waals surface area contributed by atoms with Gasteiger partial charge in [0.25, 0.3) is 0 Å². The number of rotatable bonds is 7. The number of amides is 1. The van der Waals surface area contributed by atoms with Crippen LogP contribution in [0.3, 0.4) is 0 Å². The van der Waals surface area contributed by atoms with Gasteiger partial charge in [0.05, 0.1) is 4.90 Å². The Hall–Kier alpha value is -2.71. The molecular formula is C19H22N2O5S. The summed E-state index contributed by atoms with van der Waals surface area (Å²) in [6, 6.07) is 12.1. The monoisotopic (exact) mass is 390 g/mol. The van der Waals surface area contributed by atoms with E-state index in [1.54, 1.807) is 0 Å². The Balaban J connectivity index is 1.95. The van der Waals surface area contributed by atoms with Crippen molar-refractivity contribution in [3.8, 4) is 0 Å². The highest BCUT2D eigenvalue weighted by molar-refractivity contribution is 7.89. The lowest BCUT2D eigenvalue weighted by Gasteiger charge is -2.14. The number of carbonyl (C=O) groups excluding carboxylic acids is 2. The summed E-state index contributed by atoms with van der Waals surface area (Å²) in [7, 11) is -3.90. The molecule has 0 bridgehead atoms. The van der Waals surface area contributed by atoms with Crippen molar-refractivity contribution in [2.45, 2.75) is 38.3 Å². The minimum atomic E-state index is -3.90. The van der Waals surface area contributed by atoms with Gasteiger partial charge in [-0.1, -0.05) is 29.8 Å². The van der Waals surface area contributed by atoms with E-state index in [1.807, 2.05) is 31.2 Å². The summed E-state index contributed by atoms with van der Waals surface area (Å²) in [5.74, 6) is -0.928. The fraction of sp³-hybridized carbons (Fsp3) is 0.263. The molecule has 1 atom stereocenters. The fourth-order valence-corrected chi connectivity index (χ4v) is 3.43. The number of benzene rings is 2. The highest BCUT2D eigenvalue weighted by atomic mass is 32.2. The Kier molecular flexibility index (Phi) is 6.70. The molecule has 0 aliphatic rings. The zero-order valence-electron chi connectivity index (χ0n) is 15.4. The first-order valence-corrected chi connectivity index (χ1v) is 9.78. The van der Waals surface area contributed by atoms with Crippen LogP contribution in [0.2, 0.25) is 0 Å². The van der Waals surface area contributed by atoms with Crippen LogP contribution in [0.1, 0.15) is 25.0 Å². The van der Waals surface area contributed by atoms with Gasteiger partial charge in [0.1, 0.15) is 12.6 Å². The SMILES string of the molecule is CC(=O)Nc1ccc(S(=O)(=O)N[C@@H](C)C(=O)OCc2ccc(C)cc2)cc1. The number of carbonyl (C=O) groups is 2. The zero-order valence-corrected chi connectivity index (χ0v) is 16.2. The largest absolute Gasteiger partial charge is 0.460 e. The molecule has 0 heterocycles. The number of aryl methyl sites for hydroxylation is 1. The van der Waals surface area contributed by atoms with Crippen LogP contribution in [0.4, 0.5) is 5.69 Å². The number of sulfonamides is 1. The number of anilines is 1. The van der Waals surface area contributed by atoms with Gasteiger partial charge < -0.3 is 10.1 Å². The number of hydrogen-bond donors (Lipinski definition) is 2. The molecule has 0 saturated heterocycles. The second kappa shape index (κ2) is 8.79. The van der Waals surface area contributed by atoms with E-state index in [4.69, 9.17) is 4.74 Å². The first kappa shape index (κ1) is 20.6. The van der Waals surface area contributed by atoms with E-state index in [1.165, 1.54) is 38.1 Å². The van der Waals surface area contributed by atoms with E-state index in [9.17, 15) is 18.0 Å². The quantitative estimate of drug-likeness (QED) is 0.707. The van der Waals surface area contributed by atoms with Crippen LogP contribution < -0.4 is 10.0 Å². The van der Waals surface area contributed by atoms with Crippen molar-refractivity contribution >= 4 is 27.6 Å². The molecule has 0 aliphatic carbocycles. The average Bonchev–Trinajstić information content (AvgIpc) is 2.60. The number of hydrogen-bond acceptors (Lipinski definition) is 5. The van der Waals surface area contributed by atoms with Crippen LogP contribution in [0.15, 0.2) is 53.4 Å². The molecule has 0 spiro atoms. The Bertz CT molecular complexity index is 906. The lowest BCUT2D eigenvalue weighted by atomic mass is 10.2. The third-order valence-corrected chi connectivity index (χ3v) is 5.23. The maximum atomic E-state index is 12.4. The predicted octanol–water partition coefficient (Wildman–Crippen LogP) is 2.36. The molecule has 2 rings (SSSR count). The minimum absolute atomic E-state index is 0.0187. The van der Waals surface area contributed by atoms with Gasteiger partial charge in [-0.2, -0.15) is 4.72 Å². The van der Waals surface area contributed by atoms with Crippen molar-refractivity contribution < 1.29 is 22.7 Å². The van der Waals surface area contributed by atoms with E-state index < -0.39 is 22.0 Å². The molecule has 8 heteroatoms. The normalized spacial score (nSPS) is 12.3. The molecule has 0 fully saturated rings. The van der Waals surface area contributed by atoms with E-state index >= 15 is 0 Å². The van der Waals surface area contributed by atoms with Gasteiger partial charge in [-0.15, -0.1) is 0 Å². The molecule has 2 N–H and O–H groups in total. The highest BCUT2D eigenvalue weighted by Gasteiger charge is 2.23. The fourth-order valence-electron chi connectivity index (χ4n) is 2.23. The summed E-state index contributed by atoms with van der Waals surface area (Å²) in [6.07, 6.45) is 0. The van der Waals surface area contributed by atoms with Crippen LogP contribution in [-0.4, -0.2) is 26.3 Å². The van der Waals surface area contributed by atoms with E-state index in [0.717, 1.165) is 11.1 Å². The Labute approximate surface area is 158 Å². The molecule has 0 radical (unpaired) electrons. The number of esters is 1. The second-order valence-electron chi connectivity index (χ2n) is 6.14. The summed E-state index contributed by atoms with van der Waals surface area (Å²) in [5.41, 5.74) is 2.39. The highest BCUT2D eigenvalue weighted by Crippen LogP contribution is 2.14. The Morgan fingerprint density at radius 2 is 1.63 bits per heavy atom. The van der Waals surface area contributed by atoms with Crippen molar-refractivity contribution in [2.24, 2.45) is 0 Å². The summed E-state index contributed by atoms with van der Waals surface area (Å²) in [5, 5.41) is 2.55. The number of ether oxygens (including phenoxy) is 1. The van der Waals surface area contributed by atoms with E-state index in [0.29, 0.717) is 5.69 Å². The van der Waals surface area contributed by atoms with Gasteiger partial charge in [-0.25, -0.2) is 8.42 Å². The van der Waals surface area contributed by atoms with Crippen LogP contribution >= 0.6 is 0 Å². The predicted molar refractivity (Wildman–Crippen MR) is 102 cm³/mol. The van der Waals surface area contributed by atoms with Gasteiger partial charge in [0, 0.05) is 12.6 Å². The summed E-state index contributed by atoms with van der Waals surface area (Å²) < 4.78 is 32.2. The third kappa shape index (κ3) is 6.19. The van der Waals surface area contributed by atoms with Crippen molar-refractivity contribution in [2.75, 3.05) is 5.32 Å². The number of nitrogens with one attached hydrogen (secondary N) is 2.